The molecule has 0 atom stereocenters. The summed E-state index contributed by atoms with van der Waals surface area (Å²) >= 11 is 0. The predicted octanol–water partition coefficient (Wildman–Crippen LogP) is 2.72. The molecule has 20 heavy (non-hydrogen) atoms. The van der Waals surface area contributed by atoms with Gasteiger partial charge < -0.3 is 10.4 Å². The molecule has 6 nitrogen and oxygen atoms in total. The molecule has 6 heteroatoms. The van der Waals surface area contributed by atoms with E-state index >= 15 is 0 Å². The molecule has 0 radical (unpaired) electrons. The van der Waals surface area contributed by atoms with E-state index in [1.807, 2.05) is 0 Å². The van der Waals surface area contributed by atoms with Gasteiger partial charge in [-0.25, -0.2) is 4.79 Å². The van der Waals surface area contributed by atoms with Gasteiger partial charge in [0, 0.05) is 12.1 Å². The minimum absolute atomic E-state index is 0.0380. The Morgan fingerprint density at radius 1 is 1.35 bits per heavy atom. The second kappa shape index (κ2) is 6.54. The summed E-state index contributed by atoms with van der Waals surface area (Å²) in [6, 6.07) is 0. The first-order chi connectivity index (χ1) is 9.58. The van der Waals surface area contributed by atoms with Crippen molar-refractivity contribution < 1.29 is 14.7 Å². The summed E-state index contributed by atoms with van der Waals surface area (Å²) in [6.45, 7) is 1.62. The van der Waals surface area contributed by atoms with Crippen LogP contribution in [0.5, 0.6) is 0 Å². The molecule has 0 bridgehead atoms. The fourth-order valence-corrected chi connectivity index (χ4v) is 2.79. The Morgan fingerprint density at radius 2 is 2.05 bits per heavy atom. The van der Waals surface area contributed by atoms with E-state index < -0.39 is 5.97 Å². The molecule has 0 aliphatic heterocycles. The van der Waals surface area contributed by atoms with Gasteiger partial charge in [-0.1, -0.05) is 32.1 Å². The Hall–Kier alpha value is -1.85. The SMILES string of the molecule is Cc1[nH]nc(NC(=O)CCC2CCCCC2)c1C(=O)O. The lowest BCUT2D eigenvalue weighted by Crippen LogP contribution is -2.16. The number of nitrogens with one attached hydrogen (secondary N) is 2. The Morgan fingerprint density at radius 3 is 2.70 bits per heavy atom. The third kappa shape index (κ3) is 3.59. The van der Waals surface area contributed by atoms with Gasteiger partial charge in [-0.2, -0.15) is 5.10 Å². The fourth-order valence-electron chi connectivity index (χ4n) is 2.79. The molecule has 3 N–H and O–H groups in total. The van der Waals surface area contributed by atoms with E-state index in [2.05, 4.69) is 15.5 Å². The standard InChI is InChI=1S/C14H21N3O3/c1-9-12(14(19)20)13(17-16-9)15-11(18)8-7-10-5-3-2-4-6-10/h10H,2-8H2,1H3,(H,19,20)(H2,15,16,17,18). The first kappa shape index (κ1) is 14.6. The van der Waals surface area contributed by atoms with E-state index in [1.165, 1.54) is 32.1 Å². The number of H-pyrrole nitrogens is 1. The average Bonchev–Trinajstić information content (AvgIpc) is 2.78. The topological polar surface area (TPSA) is 95.1 Å². The number of hydrogen-bond acceptors (Lipinski definition) is 3. The molecule has 1 aliphatic carbocycles. The van der Waals surface area contributed by atoms with Gasteiger partial charge in [-0.3, -0.25) is 9.89 Å². The fraction of sp³-hybridized carbons (Fsp3) is 0.643. The van der Waals surface area contributed by atoms with Gasteiger partial charge >= 0.3 is 5.97 Å². The maximum atomic E-state index is 11.9. The molecule has 0 unspecified atom stereocenters. The number of aromatic nitrogens is 2. The van der Waals surface area contributed by atoms with Crippen molar-refractivity contribution in [1.82, 2.24) is 10.2 Å². The lowest BCUT2D eigenvalue weighted by Gasteiger charge is -2.20. The molecule has 1 saturated carbocycles. The first-order valence-electron chi connectivity index (χ1n) is 7.16. The third-order valence-electron chi connectivity index (χ3n) is 3.92. The molecule has 1 aromatic heterocycles. The summed E-state index contributed by atoms with van der Waals surface area (Å²) in [5, 5.41) is 18.1. The van der Waals surface area contributed by atoms with Crippen LogP contribution in [0.2, 0.25) is 0 Å². The summed E-state index contributed by atoms with van der Waals surface area (Å²) in [5.41, 5.74) is 0.482. The van der Waals surface area contributed by atoms with Crippen LogP contribution in [0.3, 0.4) is 0 Å². The molecule has 1 aliphatic rings. The van der Waals surface area contributed by atoms with Crippen molar-refractivity contribution in [2.75, 3.05) is 5.32 Å². The Balaban J connectivity index is 1.86. The number of aromatic amines is 1. The number of anilines is 1. The molecule has 1 amide bonds. The highest BCUT2D eigenvalue weighted by atomic mass is 16.4. The van der Waals surface area contributed by atoms with E-state index in [4.69, 9.17) is 5.11 Å². The van der Waals surface area contributed by atoms with Crippen LogP contribution in [0.4, 0.5) is 5.82 Å². The van der Waals surface area contributed by atoms with Gasteiger partial charge in [0.25, 0.3) is 0 Å². The highest BCUT2D eigenvalue weighted by molar-refractivity contribution is 6.00. The summed E-state index contributed by atoms with van der Waals surface area (Å²) < 4.78 is 0. The maximum Gasteiger partial charge on any atom is 0.341 e. The predicted molar refractivity (Wildman–Crippen MR) is 74.7 cm³/mol. The van der Waals surface area contributed by atoms with Crippen LogP contribution in [-0.4, -0.2) is 27.2 Å². The molecule has 2 rings (SSSR count). The first-order valence-corrected chi connectivity index (χ1v) is 7.16. The second-order valence-electron chi connectivity index (χ2n) is 5.47. The van der Waals surface area contributed by atoms with Gasteiger partial charge in [0.1, 0.15) is 5.56 Å². The van der Waals surface area contributed by atoms with Crippen LogP contribution in [0.1, 0.15) is 61.0 Å². The van der Waals surface area contributed by atoms with Crippen LogP contribution in [-0.2, 0) is 4.79 Å². The molecular formula is C14H21N3O3. The number of amides is 1. The Bertz CT molecular complexity index is 490. The summed E-state index contributed by atoms with van der Waals surface area (Å²) in [7, 11) is 0. The van der Waals surface area contributed by atoms with Gasteiger partial charge in [0.2, 0.25) is 5.91 Å². The minimum atomic E-state index is -1.08. The van der Waals surface area contributed by atoms with Crippen LogP contribution < -0.4 is 5.32 Å². The number of hydrogen-bond donors (Lipinski definition) is 3. The highest BCUT2D eigenvalue weighted by Gasteiger charge is 2.20. The number of carboxylic acid groups (broad SMARTS) is 1. The molecule has 1 heterocycles. The maximum absolute atomic E-state index is 11.9. The third-order valence-corrected chi connectivity index (χ3v) is 3.92. The van der Waals surface area contributed by atoms with Crippen molar-refractivity contribution in [3.05, 3.63) is 11.3 Å². The van der Waals surface area contributed by atoms with E-state index in [0.717, 1.165) is 6.42 Å². The van der Waals surface area contributed by atoms with Crippen LogP contribution in [0.25, 0.3) is 0 Å². The van der Waals surface area contributed by atoms with Gasteiger partial charge in [-0.15, -0.1) is 0 Å². The smallest absolute Gasteiger partial charge is 0.341 e. The zero-order chi connectivity index (χ0) is 14.5. The van der Waals surface area contributed by atoms with Crippen molar-refractivity contribution in [2.45, 2.75) is 51.9 Å². The average molecular weight is 279 g/mol. The largest absolute Gasteiger partial charge is 0.477 e. The van der Waals surface area contributed by atoms with Gasteiger partial charge in [0.15, 0.2) is 5.82 Å². The quantitative estimate of drug-likeness (QED) is 0.772. The van der Waals surface area contributed by atoms with E-state index in [1.54, 1.807) is 6.92 Å². The molecule has 110 valence electrons. The normalized spacial score (nSPS) is 16.1. The Labute approximate surface area is 118 Å². The van der Waals surface area contributed by atoms with Crippen LogP contribution in [0.15, 0.2) is 0 Å². The number of rotatable bonds is 5. The number of aromatic carboxylic acids is 1. The van der Waals surface area contributed by atoms with Crippen molar-refractivity contribution in [3.8, 4) is 0 Å². The molecule has 0 saturated heterocycles. The lowest BCUT2D eigenvalue weighted by atomic mass is 9.86. The Kier molecular flexibility index (Phi) is 4.76. The molecule has 1 aromatic rings. The van der Waals surface area contributed by atoms with Gasteiger partial charge in [0.05, 0.1) is 0 Å². The zero-order valence-corrected chi connectivity index (χ0v) is 11.7. The number of aryl methyl sites for hydroxylation is 1. The van der Waals surface area contributed by atoms with Crippen molar-refractivity contribution in [2.24, 2.45) is 5.92 Å². The molecule has 0 aromatic carbocycles. The highest BCUT2D eigenvalue weighted by Crippen LogP contribution is 2.27. The summed E-state index contributed by atoms with van der Waals surface area (Å²) in [4.78, 5) is 23.0. The second-order valence-corrected chi connectivity index (χ2v) is 5.47. The minimum Gasteiger partial charge on any atom is -0.477 e. The van der Waals surface area contributed by atoms with Crippen LogP contribution in [0, 0.1) is 12.8 Å². The summed E-state index contributed by atoms with van der Waals surface area (Å²) in [5.74, 6) is -0.499. The molecule has 1 fully saturated rings. The van der Waals surface area contributed by atoms with Gasteiger partial charge in [-0.05, 0) is 19.3 Å². The van der Waals surface area contributed by atoms with Crippen molar-refractivity contribution in [1.29, 1.82) is 0 Å². The van der Waals surface area contributed by atoms with Crippen molar-refractivity contribution in [3.63, 3.8) is 0 Å². The number of carbonyl (C=O) groups is 2. The van der Waals surface area contributed by atoms with E-state index in [-0.39, 0.29) is 17.3 Å². The van der Waals surface area contributed by atoms with E-state index in [0.29, 0.717) is 18.0 Å². The number of carboxylic acids is 1. The summed E-state index contributed by atoms with van der Waals surface area (Å²) in [6.07, 6.45) is 7.52. The number of carbonyl (C=O) groups excluding carboxylic acids is 1. The lowest BCUT2D eigenvalue weighted by molar-refractivity contribution is -0.116. The molecule has 0 spiro atoms. The van der Waals surface area contributed by atoms with Crippen LogP contribution >= 0.6 is 0 Å². The number of nitrogens with zero attached hydrogens (tertiary/aromatic N) is 1. The van der Waals surface area contributed by atoms with E-state index in [9.17, 15) is 9.59 Å². The monoisotopic (exact) mass is 279 g/mol. The zero-order valence-electron chi connectivity index (χ0n) is 11.7. The van der Waals surface area contributed by atoms with Crippen molar-refractivity contribution >= 4 is 17.7 Å². The molecular weight excluding hydrogens is 258 g/mol.